The number of unbranched alkanes of at least 4 members (excludes halogenated alkanes) is 3. The number of ether oxygens (including phenoxy) is 2. The van der Waals surface area contributed by atoms with Gasteiger partial charge in [-0.15, -0.1) is 0 Å². The molecule has 0 aromatic heterocycles. The van der Waals surface area contributed by atoms with Crippen LogP contribution >= 0.6 is 0 Å². The van der Waals surface area contributed by atoms with Gasteiger partial charge in [0.2, 0.25) is 0 Å². The summed E-state index contributed by atoms with van der Waals surface area (Å²) in [5.41, 5.74) is 1.52. The van der Waals surface area contributed by atoms with Crippen molar-refractivity contribution in [2.45, 2.75) is 70.8 Å². The molecule has 1 heterocycles. The molecule has 0 atom stereocenters. The summed E-state index contributed by atoms with van der Waals surface area (Å²) in [4.78, 5) is 39.2. The highest BCUT2D eigenvalue weighted by atomic mass is 16.5. The van der Waals surface area contributed by atoms with E-state index in [4.69, 9.17) is 9.47 Å². The van der Waals surface area contributed by atoms with Crippen LogP contribution in [-0.2, 0) is 9.53 Å². The minimum absolute atomic E-state index is 0.196. The summed E-state index contributed by atoms with van der Waals surface area (Å²) < 4.78 is 11.4. The molecule has 180 valence electrons. The lowest BCUT2D eigenvalue weighted by Crippen LogP contribution is -2.40. The van der Waals surface area contributed by atoms with Crippen LogP contribution in [0.15, 0.2) is 42.5 Å². The van der Waals surface area contributed by atoms with Crippen molar-refractivity contribution in [3.8, 4) is 5.75 Å². The normalized spacial score (nSPS) is 16.1. The highest BCUT2D eigenvalue weighted by molar-refractivity contribution is 6.26. The first-order valence-electron chi connectivity index (χ1n) is 12.4. The number of hydrogen-bond acceptors (Lipinski definition) is 5. The molecule has 0 spiro atoms. The molecule has 0 radical (unpaired) electrons. The number of hydrogen-bond donors (Lipinski definition) is 0. The van der Waals surface area contributed by atoms with E-state index >= 15 is 0 Å². The van der Waals surface area contributed by atoms with E-state index < -0.39 is 0 Å². The molecule has 1 saturated carbocycles. The second-order valence-corrected chi connectivity index (χ2v) is 9.31. The van der Waals surface area contributed by atoms with Gasteiger partial charge in [0.1, 0.15) is 5.75 Å². The first-order valence-corrected chi connectivity index (χ1v) is 12.4. The van der Waals surface area contributed by atoms with Crippen molar-refractivity contribution in [1.82, 2.24) is 4.90 Å². The number of esters is 1. The fourth-order valence-corrected chi connectivity index (χ4v) is 4.80. The summed E-state index contributed by atoms with van der Waals surface area (Å²) in [5, 5.41) is 1.55. The Bertz CT molecular complexity index is 1080. The molecular weight excluding hydrogens is 430 g/mol. The van der Waals surface area contributed by atoms with Gasteiger partial charge in [0.15, 0.2) is 0 Å². The minimum atomic E-state index is -0.371. The standard InChI is InChI=1S/C28H33NO5/c1-19(2)28(32)33-18-9-4-3-8-17-29-26(30)22-14-10-13-21-24(34-20-11-6-5-7-12-20)16-15-23(25(21)22)27(29)31/h10,13-16,20H,1,3-9,11-12,17-18H2,2H3. The maximum absolute atomic E-state index is 13.2. The van der Waals surface area contributed by atoms with Crippen molar-refractivity contribution in [2.75, 3.05) is 13.2 Å². The lowest BCUT2D eigenvalue weighted by Gasteiger charge is -2.29. The molecule has 6 heteroatoms. The zero-order valence-corrected chi connectivity index (χ0v) is 19.9. The Morgan fingerprint density at radius 3 is 2.41 bits per heavy atom. The monoisotopic (exact) mass is 463 g/mol. The van der Waals surface area contributed by atoms with Crippen molar-refractivity contribution in [1.29, 1.82) is 0 Å². The Morgan fingerprint density at radius 1 is 0.971 bits per heavy atom. The van der Waals surface area contributed by atoms with E-state index in [1.54, 1.807) is 13.0 Å². The lowest BCUT2D eigenvalue weighted by atomic mass is 9.93. The van der Waals surface area contributed by atoms with E-state index in [0.29, 0.717) is 41.7 Å². The molecule has 1 aliphatic heterocycles. The van der Waals surface area contributed by atoms with Crippen LogP contribution in [-0.4, -0.2) is 41.9 Å². The number of carbonyl (C=O) groups is 3. The molecular formula is C28H33NO5. The number of amides is 2. The second-order valence-electron chi connectivity index (χ2n) is 9.31. The van der Waals surface area contributed by atoms with E-state index in [2.05, 4.69) is 6.58 Å². The first kappa shape index (κ1) is 24.0. The number of imide groups is 1. The maximum Gasteiger partial charge on any atom is 0.333 e. The Labute approximate surface area is 200 Å². The van der Waals surface area contributed by atoms with Gasteiger partial charge in [-0.1, -0.05) is 31.6 Å². The molecule has 0 saturated heterocycles. The van der Waals surface area contributed by atoms with Crippen LogP contribution in [0.4, 0.5) is 0 Å². The molecule has 6 nitrogen and oxygen atoms in total. The van der Waals surface area contributed by atoms with Gasteiger partial charge in [0.05, 0.1) is 12.7 Å². The van der Waals surface area contributed by atoms with Gasteiger partial charge < -0.3 is 9.47 Å². The molecule has 1 fully saturated rings. The summed E-state index contributed by atoms with van der Waals surface area (Å²) in [5.74, 6) is -0.0971. The van der Waals surface area contributed by atoms with Crippen molar-refractivity contribution in [3.05, 3.63) is 53.6 Å². The van der Waals surface area contributed by atoms with Gasteiger partial charge in [-0.2, -0.15) is 0 Å². The van der Waals surface area contributed by atoms with Crippen molar-refractivity contribution >= 4 is 28.6 Å². The number of nitrogens with zero attached hydrogens (tertiary/aromatic N) is 1. The summed E-state index contributed by atoms with van der Waals surface area (Å²) in [6.45, 7) is 5.91. The smallest absolute Gasteiger partial charge is 0.333 e. The second kappa shape index (κ2) is 10.9. The lowest BCUT2D eigenvalue weighted by molar-refractivity contribution is -0.139. The van der Waals surface area contributed by atoms with Crippen LogP contribution in [0.5, 0.6) is 5.75 Å². The average Bonchev–Trinajstić information content (AvgIpc) is 2.84. The van der Waals surface area contributed by atoms with Gasteiger partial charge >= 0.3 is 5.97 Å². The van der Waals surface area contributed by atoms with E-state index in [9.17, 15) is 14.4 Å². The largest absolute Gasteiger partial charge is 0.490 e. The fourth-order valence-electron chi connectivity index (χ4n) is 4.80. The zero-order chi connectivity index (χ0) is 24.1. The topological polar surface area (TPSA) is 72.9 Å². The summed E-state index contributed by atoms with van der Waals surface area (Å²) in [6.07, 6.45) is 9.05. The van der Waals surface area contributed by atoms with Crippen LogP contribution < -0.4 is 4.74 Å². The Morgan fingerprint density at radius 2 is 1.68 bits per heavy atom. The van der Waals surface area contributed by atoms with Crippen LogP contribution in [0.1, 0.15) is 85.4 Å². The third-order valence-corrected chi connectivity index (χ3v) is 6.66. The molecule has 34 heavy (non-hydrogen) atoms. The first-order chi connectivity index (χ1) is 16.5. The molecule has 4 rings (SSSR count). The highest BCUT2D eigenvalue weighted by Gasteiger charge is 2.33. The summed E-state index contributed by atoms with van der Waals surface area (Å²) in [6, 6.07) is 9.30. The van der Waals surface area contributed by atoms with Gasteiger partial charge in [0, 0.05) is 34.0 Å². The molecule has 2 aromatic rings. The molecule has 2 amide bonds. The molecule has 1 aliphatic carbocycles. The number of rotatable bonds is 10. The zero-order valence-electron chi connectivity index (χ0n) is 19.9. The average molecular weight is 464 g/mol. The Balaban J connectivity index is 1.39. The van der Waals surface area contributed by atoms with Crippen molar-refractivity contribution in [2.24, 2.45) is 0 Å². The molecule has 2 aromatic carbocycles. The summed E-state index contributed by atoms with van der Waals surface area (Å²) >= 11 is 0. The highest BCUT2D eigenvalue weighted by Crippen LogP contribution is 2.37. The molecule has 2 aliphatic rings. The quantitative estimate of drug-likeness (QED) is 0.192. The van der Waals surface area contributed by atoms with Crippen LogP contribution in [0.3, 0.4) is 0 Å². The van der Waals surface area contributed by atoms with Gasteiger partial charge in [-0.25, -0.2) is 4.79 Å². The Kier molecular flexibility index (Phi) is 7.66. The van der Waals surface area contributed by atoms with Crippen LogP contribution in [0, 0.1) is 0 Å². The van der Waals surface area contributed by atoms with Crippen molar-refractivity contribution in [3.63, 3.8) is 0 Å². The van der Waals surface area contributed by atoms with Crippen molar-refractivity contribution < 1.29 is 23.9 Å². The predicted molar refractivity (Wildman–Crippen MR) is 131 cm³/mol. The van der Waals surface area contributed by atoms with Crippen LogP contribution in [0.25, 0.3) is 10.8 Å². The number of carbonyl (C=O) groups excluding carboxylic acids is 3. The third-order valence-electron chi connectivity index (χ3n) is 6.66. The van der Waals surface area contributed by atoms with E-state index in [-0.39, 0.29) is 23.9 Å². The van der Waals surface area contributed by atoms with Gasteiger partial charge in [-0.3, -0.25) is 14.5 Å². The maximum atomic E-state index is 13.2. The SMILES string of the molecule is C=C(C)C(=O)OCCCCCCN1C(=O)c2cccc3c(OC4CCCCC4)ccc(c23)C1=O. The number of benzene rings is 2. The molecule has 0 unspecified atom stereocenters. The van der Waals surface area contributed by atoms with Gasteiger partial charge in [0.25, 0.3) is 11.8 Å². The summed E-state index contributed by atoms with van der Waals surface area (Å²) in [7, 11) is 0. The van der Waals surface area contributed by atoms with E-state index in [1.165, 1.54) is 24.2 Å². The third kappa shape index (κ3) is 5.16. The molecule has 0 N–H and O–H groups in total. The fraction of sp³-hybridized carbons (Fsp3) is 0.464. The van der Waals surface area contributed by atoms with E-state index in [0.717, 1.165) is 43.2 Å². The van der Waals surface area contributed by atoms with Crippen LogP contribution in [0.2, 0.25) is 0 Å². The molecule has 0 bridgehead atoms. The van der Waals surface area contributed by atoms with E-state index in [1.807, 2.05) is 24.3 Å². The van der Waals surface area contributed by atoms with Gasteiger partial charge in [-0.05, 0) is 70.1 Å². The Hall–Kier alpha value is -3.15. The predicted octanol–water partition coefficient (Wildman–Crippen LogP) is 5.83. The minimum Gasteiger partial charge on any atom is -0.490 e.